The number of hydrogen-bond acceptors (Lipinski definition) is 2. The van der Waals surface area contributed by atoms with Crippen LogP contribution in [0.3, 0.4) is 0 Å². The number of rotatable bonds is 1. The summed E-state index contributed by atoms with van der Waals surface area (Å²) in [4.78, 5) is 3.78. The fraction of sp³-hybridized carbons (Fsp3) is 0.250. The maximum absolute atomic E-state index is 4.56. The van der Waals surface area contributed by atoms with Gasteiger partial charge in [-0.2, -0.15) is 0 Å². The normalized spacial score (nSPS) is 7.82. The molecule has 1 nitrogen and oxygen atoms in total. The first-order chi connectivity index (χ1) is 5.27. The van der Waals surface area contributed by atoms with Crippen LogP contribution < -0.4 is 0 Å². The Bertz CT molecular complexity index is 160. The molecule has 0 spiro atoms. The second-order valence-electron chi connectivity index (χ2n) is 1.77. The quantitative estimate of drug-likeness (QED) is 0.533. The van der Waals surface area contributed by atoms with E-state index in [1.807, 2.05) is 25.1 Å². The number of nitrogens with zero attached hydrogens (tertiary/aromatic N) is 1. The number of hydrogen-bond donors (Lipinski definition) is 1. The van der Waals surface area contributed by atoms with Crippen LogP contribution in [-0.2, 0) is 0 Å². The zero-order valence-corrected chi connectivity index (χ0v) is 8.11. The van der Waals surface area contributed by atoms with Crippen molar-refractivity contribution >= 4 is 29.0 Å². The summed E-state index contributed by atoms with van der Waals surface area (Å²) in [6.45, 7) is 1.98. The summed E-state index contributed by atoms with van der Waals surface area (Å²) in [6.07, 6.45) is 4.40. The van der Waals surface area contributed by atoms with E-state index >= 15 is 0 Å². The van der Waals surface area contributed by atoms with E-state index in [-0.39, 0.29) is 0 Å². The van der Waals surface area contributed by atoms with Crippen LogP contribution in [0.5, 0.6) is 0 Å². The third-order valence-corrected chi connectivity index (χ3v) is 1.47. The van der Waals surface area contributed by atoms with Gasteiger partial charge in [0.15, 0.2) is 0 Å². The Hall–Kier alpha value is -0.410. The minimum Gasteiger partial charge on any atom is -0.265 e. The van der Waals surface area contributed by atoms with Crippen LogP contribution in [-0.4, -0.2) is 9.18 Å². The van der Waals surface area contributed by atoms with E-state index in [1.54, 1.807) is 12.4 Å². The Morgan fingerprint density at radius 3 is 1.91 bits per heavy atom. The molecule has 0 radical (unpaired) electrons. The molecular weight excluding hydrogens is 174 g/mol. The number of aromatic nitrogens is 1. The predicted octanol–water partition coefficient (Wildman–Crippen LogP) is 2.74. The Balaban J connectivity index is 0.000000187. The lowest BCUT2D eigenvalue weighted by atomic mass is 10.5. The summed E-state index contributed by atoms with van der Waals surface area (Å²) in [5, 5.41) is 0. The molecule has 1 aromatic heterocycles. The van der Waals surface area contributed by atoms with E-state index in [2.05, 4.69) is 29.8 Å². The van der Waals surface area contributed by atoms with Gasteiger partial charge in [-0.05, 0) is 18.6 Å². The SMILES string of the molecule is CCC(=S)S.c1ccncc1. The zero-order valence-electron chi connectivity index (χ0n) is 6.40. The lowest BCUT2D eigenvalue weighted by molar-refractivity contribution is 1.33. The molecule has 1 heterocycles. The van der Waals surface area contributed by atoms with E-state index in [0.29, 0.717) is 0 Å². The Labute approximate surface area is 78.3 Å². The fourth-order valence-corrected chi connectivity index (χ4v) is 0.313. The second kappa shape index (κ2) is 7.69. The summed E-state index contributed by atoms with van der Waals surface area (Å²) in [7, 11) is 0. The van der Waals surface area contributed by atoms with E-state index in [9.17, 15) is 0 Å². The average Bonchev–Trinajstić information content (AvgIpc) is 2.09. The largest absolute Gasteiger partial charge is 0.265 e. The van der Waals surface area contributed by atoms with Gasteiger partial charge in [0.1, 0.15) is 0 Å². The summed E-state index contributed by atoms with van der Waals surface area (Å²) in [6, 6.07) is 5.72. The van der Waals surface area contributed by atoms with E-state index in [1.165, 1.54) is 0 Å². The van der Waals surface area contributed by atoms with Crippen LogP contribution in [0, 0.1) is 0 Å². The molecule has 0 fully saturated rings. The van der Waals surface area contributed by atoms with E-state index in [0.717, 1.165) is 10.6 Å². The highest BCUT2D eigenvalue weighted by Crippen LogP contribution is 1.86. The van der Waals surface area contributed by atoms with Crippen LogP contribution in [0.2, 0.25) is 0 Å². The number of thiocarbonyl (C=S) groups is 1. The highest BCUT2D eigenvalue weighted by Gasteiger charge is 1.72. The number of pyridine rings is 1. The monoisotopic (exact) mass is 185 g/mol. The molecule has 1 rings (SSSR count). The topological polar surface area (TPSA) is 12.9 Å². The minimum atomic E-state index is 0.782. The van der Waals surface area contributed by atoms with Crippen molar-refractivity contribution in [1.82, 2.24) is 4.98 Å². The molecule has 0 unspecified atom stereocenters. The second-order valence-corrected chi connectivity index (χ2v) is 3.11. The summed E-state index contributed by atoms with van der Waals surface area (Å²) in [5.74, 6) is 0. The third-order valence-electron chi connectivity index (χ3n) is 0.869. The van der Waals surface area contributed by atoms with Crippen LogP contribution in [0.25, 0.3) is 0 Å². The Morgan fingerprint density at radius 2 is 1.82 bits per heavy atom. The molecule has 0 aromatic carbocycles. The molecule has 1 aromatic rings. The van der Waals surface area contributed by atoms with Crippen molar-refractivity contribution in [2.45, 2.75) is 13.3 Å². The first-order valence-corrected chi connectivity index (χ1v) is 4.19. The standard InChI is InChI=1S/C5H5N.C3H6S2/c1-2-4-6-5-3-1;1-2-3(4)5/h1-5H;2H2,1H3,(H,4,5). The Kier molecular flexibility index (Phi) is 7.41. The van der Waals surface area contributed by atoms with Crippen molar-refractivity contribution in [3.8, 4) is 0 Å². The van der Waals surface area contributed by atoms with E-state index < -0.39 is 0 Å². The van der Waals surface area contributed by atoms with Gasteiger partial charge in [-0.1, -0.05) is 25.2 Å². The Morgan fingerprint density at radius 1 is 1.36 bits per heavy atom. The zero-order chi connectivity index (χ0) is 8.53. The molecule has 3 heteroatoms. The molecule has 0 saturated carbocycles. The van der Waals surface area contributed by atoms with E-state index in [4.69, 9.17) is 0 Å². The van der Waals surface area contributed by atoms with Crippen molar-refractivity contribution in [2.24, 2.45) is 0 Å². The van der Waals surface area contributed by atoms with Crippen molar-refractivity contribution < 1.29 is 0 Å². The van der Waals surface area contributed by atoms with Gasteiger partial charge >= 0.3 is 0 Å². The smallest absolute Gasteiger partial charge is 0.0445 e. The van der Waals surface area contributed by atoms with Gasteiger partial charge in [-0.3, -0.25) is 4.98 Å². The molecule has 0 aliphatic heterocycles. The van der Waals surface area contributed by atoms with Crippen LogP contribution in [0.4, 0.5) is 0 Å². The van der Waals surface area contributed by atoms with Crippen molar-refractivity contribution in [1.29, 1.82) is 0 Å². The highest BCUT2D eigenvalue weighted by molar-refractivity contribution is 8.11. The summed E-state index contributed by atoms with van der Waals surface area (Å²) < 4.78 is 0.782. The molecular formula is C8H11NS2. The maximum Gasteiger partial charge on any atom is 0.0445 e. The first kappa shape index (κ1) is 10.6. The highest BCUT2D eigenvalue weighted by atomic mass is 32.1. The molecule has 60 valence electrons. The lowest BCUT2D eigenvalue weighted by Crippen LogP contribution is -1.69. The molecule has 0 aliphatic carbocycles. The minimum absolute atomic E-state index is 0.782. The molecule has 0 amide bonds. The summed E-state index contributed by atoms with van der Waals surface area (Å²) >= 11 is 8.39. The maximum atomic E-state index is 4.56. The van der Waals surface area contributed by atoms with Gasteiger partial charge in [-0.15, -0.1) is 12.6 Å². The van der Waals surface area contributed by atoms with Gasteiger partial charge < -0.3 is 0 Å². The van der Waals surface area contributed by atoms with Gasteiger partial charge in [0.05, 0.1) is 0 Å². The van der Waals surface area contributed by atoms with Gasteiger partial charge in [0.2, 0.25) is 0 Å². The van der Waals surface area contributed by atoms with Gasteiger partial charge in [0.25, 0.3) is 0 Å². The van der Waals surface area contributed by atoms with Crippen molar-refractivity contribution in [2.75, 3.05) is 0 Å². The number of thiol groups is 1. The summed E-state index contributed by atoms with van der Waals surface area (Å²) in [5.41, 5.74) is 0. The lowest BCUT2D eigenvalue weighted by Gasteiger charge is -1.75. The van der Waals surface area contributed by atoms with Crippen molar-refractivity contribution in [3.63, 3.8) is 0 Å². The molecule has 0 aliphatic rings. The predicted molar refractivity (Wildman–Crippen MR) is 56.1 cm³/mol. The molecule has 11 heavy (non-hydrogen) atoms. The average molecular weight is 185 g/mol. The molecule has 0 saturated heterocycles. The first-order valence-electron chi connectivity index (χ1n) is 3.34. The van der Waals surface area contributed by atoms with Crippen molar-refractivity contribution in [3.05, 3.63) is 30.6 Å². The molecule has 0 bridgehead atoms. The molecule has 0 N–H and O–H groups in total. The fourth-order valence-electron chi connectivity index (χ4n) is 0.313. The van der Waals surface area contributed by atoms with Crippen LogP contribution in [0.15, 0.2) is 30.6 Å². The molecule has 0 atom stereocenters. The van der Waals surface area contributed by atoms with Crippen LogP contribution in [0.1, 0.15) is 13.3 Å². The van der Waals surface area contributed by atoms with Crippen LogP contribution >= 0.6 is 24.8 Å². The van der Waals surface area contributed by atoms with Gasteiger partial charge in [-0.25, -0.2) is 0 Å². The third kappa shape index (κ3) is 9.59. The van der Waals surface area contributed by atoms with Gasteiger partial charge in [0, 0.05) is 16.6 Å².